The predicted octanol–water partition coefficient (Wildman–Crippen LogP) is 3.45. The van der Waals surface area contributed by atoms with Crippen LogP contribution in [-0.4, -0.2) is 57.0 Å². The van der Waals surface area contributed by atoms with Crippen LogP contribution in [0.5, 0.6) is 0 Å². The zero-order chi connectivity index (χ0) is 22.9. The van der Waals surface area contributed by atoms with Crippen LogP contribution in [0.25, 0.3) is 21.8 Å². The summed E-state index contributed by atoms with van der Waals surface area (Å²) in [6.07, 6.45) is 1.67. The Morgan fingerprint density at radius 3 is 2.82 bits per heavy atom. The Bertz CT molecular complexity index is 1360. The number of aromatic nitrogens is 4. The summed E-state index contributed by atoms with van der Waals surface area (Å²) in [7, 11) is 0. The van der Waals surface area contributed by atoms with Crippen LogP contribution < -0.4 is 11.1 Å². The lowest BCUT2D eigenvalue weighted by atomic mass is 10.0. The van der Waals surface area contributed by atoms with Gasteiger partial charge in [-0.2, -0.15) is 4.98 Å². The number of hydrogen-bond acceptors (Lipinski definition) is 8. The van der Waals surface area contributed by atoms with Crippen molar-refractivity contribution in [2.75, 3.05) is 37.4 Å². The van der Waals surface area contributed by atoms with Crippen molar-refractivity contribution in [2.45, 2.75) is 13.0 Å². The van der Waals surface area contributed by atoms with Crippen LogP contribution >= 0.6 is 11.6 Å². The Kier molecular flexibility index (Phi) is 5.65. The van der Waals surface area contributed by atoms with Gasteiger partial charge < -0.3 is 20.7 Å². The van der Waals surface area contributed by atoms with Gasteiger partial charge in [0.15, 0.2) is 5.82 Å². The first-order valence-electron chi connectivity index (χ1n) is 10.6. The van der Waals surface area contributed by atoms with Gasteiger partial charge in [-0.1, -0.05) is 23.7 Å². The van der Waals surface area contributed by atoms with Gasteiger partial charge in [0.25, 0.3) is 5.91 Å². The fourth-order valence-electron chi connectivity index (χ4n) is 3.95. The maximum atomic E-state index is 13.4. The van der Waals surface area contributed by atoms with E-state index in [1.54, 1.807) is 23.2 Å². The molecule has 1 aromatic carbocycles. The van der Waals surface area contributed by atoms with Gasteiger partial charge in [0.2, 0.25) is 5.95 Å². The minimum absolute atomic E-state index is 0.145. The van der Waals surface area contributed by atoms with E-state index in [1.807, 2.05) is 31.2 Å². The highest BCUT2D eigenvalue weighted by Gasteiger charge is 2.25. The summed E-state index contributed by atoms with van der Waals surface area (Å²) < 4.78 is 5.39. The van der Waals surface area contributed by atoms with Gasteiger partial charge >= 0.3 is 0 Å². The number of anilines is 2. The zero-order valence-corrected chi connectivity index (χ0v) is 18.7. The number of fused-ring (bicyclic) bond motifs is 2. The number of carbonyl (C=O) groups excluding carboxylic acids is 1. The van der Waals surface area contributed by atoms with Crippen LogP contribution in [-0.2, 0) is 4.74 Å². The van der Waals surface area contributed by atoms with E-state index in [-0.39, 0.29) is 17.9 Å². The molecule has 0 radical (unpaired) electrons. The molecule has 5 rings (SSSR count). The number of ether oxygens (including phenoxy) is 1. The van der Waals surface area contributed by atoms with Crippen molar-refractivity contribution in [3.8, 4) is 0 Å². The number of nitrogens with one attached hydrogen (secondary N) is 1. The van der Waals surface area contributed by atoms with E-state index >= 15 is 0 Å². The van der Waals surface area contributed by atoms with Crippen LogP contribution in [0, 0.1) is 0 Å². The molecule has 1 amide bonds. The number of halogens is 1. The Morgan fingerprint density at radius 2 is 2.00 bits per heavy atom. The summed E-state index contributed by atoms with van der Waals surface area (Å²) >= 11 is 6.50. The predicted molar refractivity (Wildman–Crippen MR) is 127 cm³/mol. The van der Waals surface area contributed by atoms with E-state index in [1.165, 1.54) is 0 Å². The molecule has 3 aromatic heterocycles. The van der Waals surface area contributed by atoms with E-state index in [0.29, 0.717) is 65.0 Å². The molecular weight excluding hydrogens is 442 g/mol. The molecule has 10 heteroatoms. The Hall–Kier alpha value is -3.56. The van der Waals surface area contributed by atoms with Crippen LogP contribution in [0.2, 0.25) is 5.02 Å². The molecule has 1 atom stereocenters. The third-order valence-corrected chi connectivity index (χ3v) is 5.91. The fraction of sp³-hybridized carbons (Fsp3) is 0.261. The van der Waals surface area contributed by atoms with Crippen LogP contribution in [0.1, 0.15) is 29.1 Å². The smallest absolute Gasteiger partial charge is 0.273 e. The van der Waals surface area contributed by atoms with Gasteiger partial charge in [0.1, 0.15) is 11.2 Å². The third-order valence-electron chi connectivity index (χ3n) is 5.60. The second-order valence-electron chi connectivity index (χ2n) is 7.81. The first-order valence-corrected chi connectivity index (χ1v) is 11.0. The molecule has 1 aliphatic heterocycles. The number of carbonyl (C=O) groups is 1. The molecule has 168 valence electrons. The van der Waals surface area contributed by atoms with Gasteiger partial charge in [-0.3, -0.25) is 9.78 Å². The molecule has 9 nitrogen and oxygen atoms in total. The van der Waals surface area contributed by atoms with Crippen molar-refractivity contribution in [1.29, 1.82) is 0 Å². The quantitative estimate of drug-likeness (QED) is 0.472. The third kappa shape index (κ3) is 4.12. The number of nitrogen functional groups attached to an aromatic ring is 1. The molecular formula is C23H22ClN7O2. The Balaban J connectivity index is 1.57. The largest absolute Gasteiger partial charge is 0.378 e. The summed E-state index contributed by atoms with van der Waals surface area (Å²) in [5.74, 6) is 0.482. The topological polar surface area (TPSA) is 119 Å². The average molecular weight is 464 g/mol. The second-order valence-corrected chi connectivity index (χ2v) is 8.21. The van der Waals surface area contributed by atoms with Gasteiger partial charge in [-0.15, -0.1) is 0 Å². The van der Waals surface area contributed by atoms with Gasteiger partial charge in [-0.25, -0.2) is 9.97 Å². The summed E-state index contributed by atoms with van der Waals surface area (Å²) in [6.45, 7) is 3.98. The van der Waals surface area contributed by atoms with Crippen molar-refractivity contribution in [3.63, 3.8) is 0 Å². The van der Waals surface area contributed by atoms with E-state index in [4.69, 9.17) is 27.1 Å². The first-order chi connectivity index (χ1) is 16.0. The highest BCUT2D eigenvalue weighted by atomic mass is 35.5. The van der Waals surface area contributed by atoms with Crippen LogP contribution in [0.3, 0.4) is 0 Å². The van der Waals surface area contributed by atoms with E-state index < -0.39 is 0 Å². The molecule has 0 saturated carbocycles. The van der Waals surface area contributed by atoms with Crippen molar-refractivity contribution in [1.82, 2.24) is 24.8 Å². The standard InChI is InChI=1S/C23H22ClN7O2/c1-13(27-21-19-16(6-3-7-26-19)29-23(25)30-21)17-12-14-4-2-5-15(24)18(14)20(28-17)22(32)31-8-10-33-11-9-31/h2-7,12-13H,8-11H2,1H3,(H3,25,27,29,30)/t13-/m0/s1. The van der Waals surface area contributed by atoms with Crippen LogP contribution in [0.4, 0.5) is 11.8 Å². The average Bonchev–Trinajstić information content (AvgIpc) is 2.83. The molecule has 1 fully saturated rings. The van der Waals surface area contributed by atoms with Crippen molar-refractivity contribution >= 4 is 51.1 Å². The highest BCUT2D eigenvalue weighted by molar-refractivity contribution is 6.36. The molecule has 0 aliphatic carbocycles. The molecule has 33 heavy (non-hydrogen) atoms. The summed E-state index contributed by atoms with van der Waals surface area (Å²) in [5, 5.41) is 5.30. The maximum Gasteiger partial charge on any atom is 0.273 e. The molecule has 4 heterocycles. The van der Waals surface area contributed by atoms with Gasteiger partial charge in [0.05, 0.1) is 35.5 Å². The lowest BCUT2D eigenvalue weighted by Gasteiger charge is -2.27. The minimum Gasteiger partial charge on any atom is -0.378 e. The van der Waals surface area contributed by atoms with Crippen LogP contribution in [0.15, 0.2) is 42.6 Å². The van der Waals surface area contributed by atoms with Gasteiger partial charge in [0, 0.05) is 24.7 Å². The molecule has 1 aliphatic rings. The number of rotatable bonds is 4. The number of morpholine rings is 1. The summed E-state index contributed by atoms with van der Waals surface area (Å²) in [4.78, 5) is 32.9. The van der Waals surface area contributed by atoms with E-state index in [9.17, 15) is 4.79 Å². The minimum atomic E-state index is -0.302. The lowest BCUT2D eigenvalue weighted by molar-refractivity contribution is 0.0300. The number of hydrogen-bond donors (Lipinski definition) is 2. The second kappa shape index (κ2) is 8.76. The highest BCUT2D eigenvalue weighted by Crippen LogP contribution is 2.31. The number of nitrogens with zero attached hydrogens (tertiary/aromatic N) is 5. The van der Waals surface area contributed by atoms with Gasteiger partial charge in [-0.05, 0) is 36.6 Å². The van der Waals surface area contributed by atoms with Crippen molar-refractivity contribution in [2.24, 2.45) is 0 Å². The maximum absolute atomic E-state index is 13.4. The normalized spacial score (nSPS) is 15.0. The SMILES string of the molecule is C[C@H](Nc1nc(N)nc2cccnc12)c1cc2cccc(Cl)c2c(C(=O)N2CCOCC2)n1. The molecule has 4 aromatic rings. The van der Waals surface area contributed by atoms with E-state index in [2.05, 4.69) is 20.3 Å². The number of nitrogens with two attached hydrogens (primary N) is 1. The number of amides is 1. The van der Waals surface area contributed by atoms with Crippen molar-refractivity contribution < 1.29 is 9.53 Å². The Labute approximate surface area is 195 Å². The zero-order valence-electron chi connectivity index (χ0n) is 18.0. The summed E-state index contributed by atoms with van der Waals surface area (Å²) in [5.41, 5.74) is 8.14. The molecule has 0 unspecified atom stereocenters. The Morgan fingerprint density at radius 1 is 1.18 bits per heavy atom. The van der Waals surface area contributed by atoms with Crippen molar-refractivity contribution in [3.05, 3.63) is 59.0 Å². The lowest BCUT2D eigenvalue weighted by Crippen LogP contribution is -2.41. The number of pyridine rings is 2. The molecule has 0 bridgehead atoms. The molecule has 1 saturated heterocycles. The number of benzene rings is 1. The molecule has 3 N–H and O–H groups in total. The monoisotopic (exact) mass is 463 g/mol. The fourth-order valence-corrected chi connectivity index (χ4v) is 4.22. The first kappa shape index (κ1) is 21.3. The van der Waals surface area contributed by atoms with E-state index in [0.717, 1.165) is 5.39 Å². The summed E-state index contributed by atoms with van der Waals surface area (Å²) in [6, 6.07) is 10.8. The molecule has 0 spiro atoms.